The minimum atomic E-state index is -3.55. The van der Waals surface area contributed by atoms with Gasteiger partial charge in [-0.3, -0.25) is 4.98 Å². The maximum Gasteiger partial charge on any atom is 0.243 e. The highest BCUT2D eigenvalue weighted by Gasteiger charge is 2.28. The zero-order chi connectivity index (χ0) is 18.7. The molecule has 1 N–H and O–H groups in total. The molecular formula is C19H20N4O3S. The first-order valence-electron chi connectivity index (χ1n) is 8.76. The Morgan fingerprint density at radius 3 is 2.52 bits per heavy atom. The number of hydrogen-bond acceptors (Lipinski definition) is 6. The van der Waals surface area contributed by atoms with Crippen LogP contribution in [0.4, 0.5) is 5.82 Å². The first-order valence-corrected chi connectivity index (χ1v) is 10.2. The van der Waals surface area contributed by atoms with Gasteiger partial charge in [0, 0.05) is 19.6 Å². The highest BCUT2D eigenvalue weighted by molar-refractivity contribution is 7.89. The maximum atomic E-state index is 13.0. The lowest BCUT2D eigenvalue weighted by atomic mass is 10.2. The predicted octanol–water partition coefficient (Wildman–Crippen LogP) is 2.26. The third kappa shape index (κ3) is 3.78. The van der Waals surface area contributed by atoms with E-state index in [0.717, 1.165) is 11.0 Å². The van der Waals surface area contributed by atoms with E-state index in [2.05, 4.69) is 15.3 Å². The van der Waals surface area contributed by atoms with Crippen molar-refractivity contribution < 1.29 is 13.2 Å². The van der Waals surface area contributed by atoms with Crippen molar-refractivity contribution in [1.82, 2.24) is 14.3 Å². The Hall–Kier alpha value is -2.55. The fourth-order valence-corrected chi connectivity index (χ4v) is 4.69. The number of benzene rings is 2. The second kappa shape index (κ2) is 7.59. The molecule has 0 aliphatic carbocycles. The van der Waals surface area contributed by atoms with E-state index in [4.69, 9.17) is 4.74 Å². The Morgan fingerprint density at radius 1 is 1.00 bits per heavy atom. The van der Waals surface area contributed by atoms with Crippen LogP contribution in [0.3, 0.4) is 0 Å². The van der Waals surface area contributed by atoms with Gasteiger partial charge >= 0.3 is 0 Å². The molecule has 0 atom stereocenters. The number of para-hydroxylation sites is 2. The summed E-state index contributed by atoms with van der Waals surface area (Å²) in [6, 6.07) is 14.7. The number of morpholine rings is 1. The van der Waals surface area contributed by atoms with Crippen molar-refractivity contribution in [2.24, 2.45) is 0 Å². The maximum absolute atomic E-state index is 13.0. The molecule has 1 saturated heterocycles. The Labute approximate surface area is 158 Å². The monoisotopic (exact) mass is 384 g/mol. The van der Waals surface area contributed by atoms with E-state index in [1.807, 2.05) is 36.4 Å². The standard InChI is InChI=1S/C19H20N4O3S/c24-27(25,23-9-11-26-12-10-23)18-8-4-1-5-15(18)13-21-19-14-20-16-6-2-3-7-17(16)22-19/h1-8,14H,9-13H2,(H,21,22). The third-order valence-electron chi connectivity index (χ3n) is 4.47. The number of sulfonamides is 1. The van der Waals surface area contributed by atoms with E-state index in [1.165, 1.54) is 4.31 Å². The molecule has 27 heavy (non-hydrogen) atoms. The molecule has 1 fully saturated rings. The van der Waals surface area contributed by atoms with Gasteiger partial charge in [0.1, 0.15) is 5.82 Å². The third-order valence-corrected chi connectivity index (χ3v) is 6.47. The van der Waals surface area contributed by atoms with Gasteiger partial charge in [0.2, 0.25) is 10.0 Å². The minimum Gasteiger partial charge on any atom is -0.379 e. The average Bonchev–Trinajstić information content (AvgIpc) is 2.73. The van der Waals surface area contributed by atoms with Crippen LogP contribution in [0, 0.1) is 0 Å². The van der Waals surface area contributed by atoms with Gasteiger partial charge in [-0.15, -0.1) is 0 Å². The van der Waals surface area contributed by atoms with E-state index in [1.54, 1.807) is 18.3 Å². The number of fused-ring (bicyclic) bond motifs is 1. The van der Waals surface area contributed by atoms with Crippen molar-refractivity contribution in [1.29, 1.82) is 0 Å². The molecule has 0 radical (unpaired) electrons. The molecule has 0 unspecified atom stereocenters. The molecule has 2 aromatic carbocycles. The summed E-state index contributed by atoms with van der Waals surface area (Å²) >= 11 is 0. The summed E-state index contributed by atoms with van der Waals surface area (Å²) in [5.74, 6) is 0.604. The van der Waals surface area contributed by atoms with Crippen LogP contribution in [0.1, 0.15) is 5.56 Å². The summed E-state index contributed by atoms with van der Waals surface area (Å²) in [7, 11) is -3.55. The summed E-state index contributed by atoms with van der Waals surface area (Å²) in [5.41, 5.74) is 2.30. The predicted molar refractivity (Wildman–Crippen MR) is 103 cm³/mol. The van der Waals surface area contributed by atoms with Gasteiger partial charge in [-0.25, -0.2) is 13.4 Å². The number of rotatable bonds is 5. The Balaban J connectivity index is 1.57. The van der Waals surface area contributed by atoms with E-state index in [0.29, 0.717) is 49.1 Å². The van der Waals surface area contributed by atoms with Crippen LogP contribution in [0.25, 0.3) is 11.0 Å². The molecule has 1 aromatic heterocycles. The molecule has 2 heterocycles. The molecule has 7 nitrogen and oxygen atoms in total. The number of nitrogens with zero attached hydrogens (tertiary/aromatic N) is 3. The van der Waals surface area contributed by atoms with Crippen molar-refractivity contribution in [2.75, 3.05) is 31.6 Å². The highest BCUT2D eigenvalue weighted by atomic mass is 32.2. The first kappa shape index (κ1) is 17.8. The van der Waals surface area contributed by atoms with Crippen molar-refractivity contribution in [3.05, 3.63) is 60.3 Å². The SMILES string of the molecule is O=S(=O)(c1ccccc1CNc1cnc2ccccc2n1)N1CCOCC1. The lowest BCUT2D eigenvalue weighted by Gasteiger charge is -2.27. The molecule has 4 rings (SSSR count). The molecule has 8 heteroatoms. The molecule has 1 aliphatic rings. The molecule has 0 saturated carbocycles. The molecule has 0 spiro atoms. The second-order valence-electron chi connectivity index (χ2n) is 6.22. The number of ether oxygens (including phenoxy) is 1. The van der Waals surface area contributed by atoms with Gasteiger partial charge in [0.25, 0.3) is 0 Å². The zero-order valence-electron chi connectivity index (χ0n) is 14.7. The van der Waals surface area contributed by atoms with Gasteiger partial charge in [0.05, 0.1) is 35.3 Å². The summed E-state index contributed by atoms with van der Waals surface area (Å²) in [6.45, 7) is 1.94. The van der Waals surface area contributed by atoms with Crippen LogP contribution in [0.15, 0.2) is 59.6 Å². The van der Waals surface area contributed by atoms with Crippen molar-refractivity contribution in [3.8, 4) is 0 Å². The Bertz CT molecular complexity index is 1050. The second-order valence-corrected chi connectivity index (χ2v) is 8.13. The number of aromatic nitrogens is 2. The van der Waals surface area contributed by atoms with Crippen molar-refractivity contribution in [2.45, 2.75) is 11.4 Å². The number of nitrogens with one attached hydrogen (secondary N) is 1. The van der Waals surface area contributed by atoms with Gasteiger partial charge < -0.3 is 10.1 Å². The van der Waals surface area contributed by atoms with Crippen LogP contribution in [0.2, 0.25) is 0 Å². The minimum absolute atomic E-state index is 0.313. The van der Waals surface area contributed by atoms with Gasteiger partial charge in [-0.05, 0) is 23.8 Å². The highest BCUT2D eigenvalue weighted by Crippen LogP contribution is 2.22. The molecule has 0 bridgehead atoms. The molecule has 3 aromatic rings. The lowest BCUT2D eigenvalue weighted by molar-refractivity contribution is 0.0730. The largest absolute Gasteiger partial charge is 0.379 e. The van der Waals surface area contributed by atoms with Gasteiger partial charge in [-0.2, -0.15) is 4.31 Å². The van der Waals surface area contributed by atoms with Crippen LogP contribution < -0.4 is 5.32 Å². The summed E-state index contributed by atoms with van der Waals surface area (Å²) in [5, 5.41) is 3.19. The number of anilines is 1. The smallest absolute Gasteiger partial charge is 0.243 e. The average molecular weight is 384 g/mol. The van der Waals surface area contributed by atoms with Crippen LogP contribution in [-0.2, 0) is 21.3 Å². The van der Waals surface area contributed by atoms with Crippen LogP contribution >= 0.6 is 0 Å². The van der Waals surface area contributed by atoms with Crippen molar-refractivity contribution >= 4 is 26.9 Å². The molecule has 1 aliphatic heterocycles. The van der Waals surface area contributed by atoms with Crippen molar-refractivity contribution in [3.63, 3.8) is 0 Å². The summed E-state index contributed by atoms with van der Waals surface area (Å²) in [6.07, 6.45) is 1.65. The van der Waals surface area contributed by atoms with E-state index >= 15 is 0 Å². The topological polar surface area (TPSA) is 84.4 Å². The lowest BCUT2D eigenvalue weighted by Crippen LogP contribution is -2.41. The Morgan fingerprint density at radius 2 is 1.70 bits per heavy atom. The Kier molecular flexibility index (Phi) is 5.02. The van der Waals surface area contributed by atoms with E-state index in [-0.39, 0.29) is 0 Å². The fourth-order valence-electron chi connectivity index (χ4n) is 3.06. The molecular weight excluding hydrogens is 364 g/mol. The zero-order valence-corrected chi connectivity index (χ0v) is 15.5. The normalized spacial score (nSPS) is 15.7. The number of hydrogen-bond donors (Lipinski definition) is 1. The summed E-state index contributed by atoms with van der Waals surface area (Å²) in [4.78, 5) is 9.21. The first-order chi connectivity index (χ1) is 13.1. The molecule has 140 valence electrons. The van der Waals surface area contributed by atoms with Gasteiger partial charge in [-0.1, -0.05) is 30.3 Å². The molecule has 0 amide bonds. The van der Waals surface area contributed by atoms with Crippen LogP contribution in [0.5, 0.6) is 0 Å². The van der Waals surface area contributed by atoms with E-state index < -0.39 is 10.0 Å². The fraction of sp³-hybridized carbons (Fsp3) is 0.263. The van der Waals surface area contributed by atoms with Gasteiger partial charge in [0.15, 0.2) is 0 Å². The quantitative estimate of drug-likeness (QED) is 0.726. The summed E-state index contributed by atoms with van der Waals surface area (Å²) < 4.78 is 32.8. The van der Waals surface area contributed by atoms with Crippen LogP contribution in [-0.4, -0.2) is 49.0 Å². The van der Waals surface area contributed by atoms with E-state index in [9.17, 15) is 8.42 Å².